The molecule has 0 aliphatic heterocycles. The molecule has 2 nitrogen and oxygen atoms in total. The Morgan fingerprint density at radius 1 is 1.33 bits per heavy atom. The monoisotopic (exact) mass is 240 g/mol. The van der Waals surface area contributed by atoms with Crippen molar-refractivity contribution in [3.05, 3.63) is 53.6 Å². The van der Waals surface area contributed by atoms with Crippen LogP contribution in [-0.4, -0.2) is 9.55 Å². The van der Waals surface area contributed by atoms with E-state index in [0.29, 0.717) is 6.04 Å². The lowest BCUT2D eigenvalue weighted by Gasteiger charge is -2.20. The van der Waals surface area contributed by atoms with Gasteiger partial charge in [0.2, 0.25) is 0 Å². The average Bonchev–Trinajstić information content (AvgIpc) is 2.92. The van der Waals surface area contributed by atoms with Crippen molar-refractivity contribution in [3.8, 4) is 0 Å². The molecule has 1 heterocycles. The Kier molecular flexibility index (Phi) is 2.54. The van der Waals surface area contributed by atoms with E-state index in [-0.39, 0.29) is 5.41 Å². The number of aromatic nitrogens is 2. The summed E-state index contributed by atoms with van der Waals surface area (Å²) in [5.41, 5.74) is 4.55. The Morgan fingerprint density at radius 2 is 2.11 bits per heavy atom. The summed E-state index contributed by atoms with van der Waals surface area (Å²) in [6.45, 7) is 6.88. The lowest BCUT2D eigenvalue weighted by molar-refractivity contribution is 0.437. The molecule has 0 N–H and O–H groups in total. The van der Waals surface area contributed by atoms with Crippen LogP contribution in [0.25, 0.3) is 0 Å². The van der Waals surface area contributed by atoms with Gasteiger partial charge in [0.25, 0.3) is 0 Å². The Hall–Kier alpha value is -1.57. The van der Waals surface area contributed by atoms with Gasteiger partial charge in [-0.15, -0.1) is 0 Å². The quantitative estimate of drug-likeness (QED) is 0.782. The number of nitrogens with zero attached hydrogens (tertiary/aromatic N) is 2. The Morgan fingerprint density at radius 3 is 2.89 bits per heavy atom. The lowest BCUT2D eigenvalue weighted by atomic mass is 9.86. The molecule has 18 heavy (non-hydrogen) atoms. The fourth-order valence-corrected chi connectivity index (χ4v) is 3.24. The van der Waals surface area contributed by atoms with Gasteiger partial charge in [0.15, 0.2) is 0 Å². The molecule has 0 radical (unpaired) electrons. The second-order valence-corrected chi connectivity index (χ2v) is 5.84. The molecule has 2 aromatic rings. The van der Waals surface area contributed by atoms with Crippen molar-refractivity contribution in [2.75, 3.05) is 0 Å². The van der Waals surface area contributed by atoms with Crippen LogP contribution in [0.4, 0.5) is 0 Å². The molecule has 3 rings (SSSR count). The lowest BCUT2D eigenvalue weighted by Crippen LogP contribution is -2.15. The van der Waals surface area contributed by atoms with Crippen LogP contribution in [0.3, 0.4) is 0 Å². The highest BCUT2D eigenvalue weighted by Gasteiger charge is 2.37. The van der Waals surface area contributed by atoms with Gasteiger partial charge in [-0.3, -0.25) is 0 Å². The minimum atomic E-state index is 0.260. The average molecular weight is 240 g/mol. The van der Waals surface area contributed by atoms with Crippen molar-refractivity contribution < 1.29 is 0 Å². The second-order valence-electron chi connectivity index (χ2n) is 5.84. The van der Waals surface area contributed by atoms with E-state index < -0.39 is 0 Å². The van der Waals surface area contributed by atoms with Crippen molar-refractivity contribution >= 4 is 0 Å². The highest BCUT2D eigenvalue weighted by molar-refractivity contribution is 5.41. The highest BCUT2D eigenvalue weighted by Crippen LogP contribution is 2.46. The second kappa shape index (κ2) is 3.98. The standard InChI is InChI=1S/C16H20N2/c1-4-12-10-17-11-18(12)15-9-16(2,3)14-8-6-5-7-13(14)15/h5-8,10-11,15H,4,9H2,1-3H3. The smallest absolute Gasteiger partial charge is 0.0953 e. The summed E-state index contributed by atoms with van der Waals surface area (Å²) in [7, 11) is 0. The van der Waals surface area contributed by atoms with Gasteiger partial charge in [0.1, 0.15) is 0 Å². The summed E-state index contributed by atoms with van der Waals surface area (Å²) >= 11 is 0. The van der Waals surface area contributed by atoms with Gasteiger partial charge in [-0.05, 0) is 29.4 Å². The van der Waals surface area contributed by atoms with E-state index in [2.05, 4.69) is 54.6 Å². The summed E-state index contributed by atoms with van der Waals surface area (Å²) in [5, 5.41) is 0. The van der Waals surface area contributed by atoms with Crippen LogP contribution in [0.1, 0.15) is 50.1 Å². The zero-order valence-electron chi connectivity index (χ0n) is 11.4. The van der Waals surface area contributed by atoms with Gasteiger partial charge >= 0.3 is 0 Å². The maximum absolute atomic E-state index is 4.32. The van der Waals surface area contributed by atoms with E-state index in [1.54, 1.807) is 0 Å². The first-order chi connectivity index (χ1) is 8.63. The molecule has 1 aliphatic rings. The number of imidazole rings is 1. The molecule has 0 fully saturated rings. The van der Waals surface area contributed by atoms with Crippen LogP contribution in [-0.2, 0) is 11.8 Å². The first kappa shape index (κ1) is 11.5. The van der Waals surface area contributed by atoms with Crippen molar-refractivity contribution in [2.45, 2.75) is 45.1 Å². The summed E-state index contributed by atoms with van der Waals surface area (Å²) in [5.74, 6) is 0. The molecule has 0 saturated carbocycles. The molecular weight excluding hydrogens is 220 g/mol. The molecular formula is C16H20N2. The number of benzene rings is 1. The third-order valence-corrected chi connectivity index (χ3v) is 4.20. The van der Waals surface area contributed by atoms with Crippen LogP contribution < -0.4 is 0 Å². The van der Waals surface area contributed by atoms with Crippen molar-refractivity contribution in [3.63, 3.8) is 0 Å². The van der Waals surface area contributed by atoms with Crippen LogP contribution in [0.15, 0.2) is 36.8 Å². The van der Waals surface area contributed by atoms with Crippen LogP contribution in [0.2, 0.25) is 0 Å². The Balaban J connectivity index is 2.12. The zero-order valence-corrected chi connectivity index (χ0v) is 11.4. The largest absolute Gasteiger partial charge is 0.327 e. The van der Waals surface area contributed by atoms with E-state index in [0.717, 1.165) is 12.8 Å². The summed E-state index contributed by atoms with van der Waals surface area (Å²) < 4.78 is 2.35. The molecule has 1 aromatic carbocycles. The topological polar surface area (TPSA) is 17.8 Å². The van der Waals surface area contributed by atoms with Crippen LogP contribution >= 0.6 is 0 Å². The maximum Gasteiger partial charge on any atom is 0.0953 e. The van der Waals surface area contributed by atoms with Crippen molar-refractivity contribution in [2.24, 2.45) is 0 Å². The van der Waals surface area contributed by atoms with Gasteiger partial charge in [-0.2, -0.15) is 0 Å². The maximum atomic E-state index is 4.32. The van der Waals surface area contributed by atoms with Gasteiger partial charge < -0.3 is 4.57 Å². The molecule has 0 saturated heterocycles. The van der Waals surface area contributed by atoms with Gasteiger partial charge in [-0.1, -0.05) is 45.0 Å². The van der Waals surface area contributed by atoms with Gasteiger partial charge in [0.05, 0.1) is 12.4 Å². The number of rotatable bonds is 2. The SMILES string of the molecule is CCc1cncn1C1CC(C)(C)c2ccccc21. The summed E-state index contributed by atoms with van der Waals surface area (Å²) in [6, 6.07) is 9.30. The third kappa shape index (κ3) is 1.59. The van der Waals surface area contributed by atoms with E-state index >= 15 is 0 Å². The Labute approximate surface area is 109 Å². The normalized spacial score (nSPS) is 20.9. The minimum Gasteiger partial charge on any atom is -0.327 e. The first-order valence-corrected chi connectivity index (χ1v) is 6.73. The summed E-state index contributed by atoms with van der Waals surface area (Å²) in [4.78, 5) is 4.32. The van der Waals surface area contributed by atoms with Gasteiger partial charge in [0, 0.05) is 11.9 Å². The number of hydrogen-bond donors (Lipinski definition) is 0. The predicted octanol–water partition coefficient (Wildman–Crippen LogP) is 3.72. The first-order valence-electron chi connectivity index (χ1n) is 6.73. The van der Waals surface area contributed by atoms with E-state index in [4.69, 9.17) is 0 Å². The zero-order chi connectivity index (χ0) is 12.8. The molecule has 0 amide bonds. The molecule has 1 unspecified atom stereocenters. The van der Waals surface area contributed by atoms with Crippen molar-refractivity contribution in [1.82, 2.24) is 9.55 Å². The number of fused-ring (bicyclic) bond motifs is 1. The van der Waals surface area contributed by atoms with Gasteiger partial charge in [-0.25, -0.2) is 4.98 Å². The highest BCUT2D eigenvalue weighted by atomic mass is 15.1. The molecule has 1 atom stereocenters. The fraction of sp³-hybridized carbons (Fsp3) is 0.438. The molecule has 2 heteroatoms. The number of aryl methyl sites for hydroxylation is 1. The fourth-order valence-electron chi connectivity index (χ4n) is 3.24. The third-order valence-electron chi connectivity index (χ3n) is 4.20. The van der Waals surface area contributed by atoms with Crippen LogP contribution in [0.5, 0.6) is 0 Å². The Bertz CT molecular complexity index is 566. The minimum absolute atomic E-state index is 0.260. The molecule has 0 bridgehead atoms. The molecule has 0 spiro atoms. The predicted molar refractivity (Wildman–Crippen MR) is 73.8 cm³/mol. The van der Waals surface area contributed by atoms with E-state index in [1.165, 1.54) is 16.8 Å². The summed E-state index contributed by atoms with van der Waals surface area (Å²) in [6.07, 6.45) is 6.18. The molecule has 94 valence electrons. The molecule has 1 aliphatic carbocycles. The number of hydrogen-bond acceptors (Lipinski definition) is 1. The van der Waals surface area contributed by atoms with E-state index in [1.807, 2.05) is 12.5 Å². The van der Waals surface area contributed by atoms with Crippen LogP contribution in [0, 0.1) is 0 Å². The van der Waals surface area contributed by atoms with Crippen molar-refractivity contribution in [1.29, 1.82) is 0 Å². The molecule has 1 aromatic heterocycles. The van der Waals surface area contributed by atoms with E-state index in [9.17, 15) is 0 Å².